The van der Waals surface area contributed by atoms with Gasteiger partial charge in [0.2, 0.25) is 10.0 Å². The van der Waals surface area contributed by atoms with E-state index in [1.165, 1.54) is 24.3 Å². The third-order valence-corrected chi connectivity index (χ3v) is 3.94. The average Bonchev–Trinajstić information content (AvgIpc) is 2.38. The second kappa shape index (κ2) is 7.80. The van der Waals surface area contributed by atoms with Crippen molar-refractivity contribution in [3.8, 4) is 5.75 Å². The van der Waals surface area contributed by atoms with Gasteiger partial charge < -0.3 is 9.84 Å². The molecule has 1 aromatic rings. The van der Waals surface area contributed by atoms with Crippen LogP contribution in [0.4, 0.5) is 0 Å². The molecule has 0 aliphatic heterocycles. The predicted octanol–water partition coefficient (Wildman–Crippen LogP) is 1.78. The number of hydrogen-bond acceptors (Lipinski definition) is 4. The number of carboxylic acid groups (broad SMARTS) is 1. The first-order chi connectivity index (χ1) is 9.81. The van der Waals surface area contributed by atoms with Gasteiger partial charge in [0, 0.05) is 6.54 Å². The summed E-state index contributed by atoms with van der Waals surface area (Å²) in [6, 6.07) is 5.83. The van der Waals surface area contributed by atoms with Crippen molar-refractivity contribution < 1.29 is 23.1 Å². The van der Waals surface area contributed by atoms with Crippen LogP contribution in [0.5, 0.6) is 5.75 Å². The van der Waals surface area contributed by atoms with E-state index < -0.39 is 16.0 Å². The third-order valence-electron chi connectivity index (χ3n) is 2.50. The summed E-state index contributed by atoms with van der Waals surface area (Å²) < 4.78 is 31.6. The number of carbonyl (C=O) groups is 1. The molecule has 21 heavy (non-hydrogen) atoms. The summed E-state index contributed by atoms with van der Waals surface area (Å²) in [6.07, 6.45) is 1.67. The van der Waals surface area contributed by atoms with E-state index in [2.05, 4.69) is 4.72 Å². The van der Waals surface area contributed by atoms with Gasteiger partial charge in [0.15, 0.2) is 0 Å². The van der Waals surface area contributed by atoms with Gasteiger partial charge in [0.05, 0.1) is 17.9 Å². The Balaban J connectivity index is 2.64. The molecule has 6 nitrogen and oxygen atoms in total. The number of ether oxygens (including phenoxy) is 1. The molecule has 0 unspecified atom stereocenters. The van der Waals surface area contributed by atoms with Crippen LogP contribution < -0.4 is 9.46 Å². The van der Waals surface area contributed by atoms with Crippen LogP contribution in [0.1, 0.15) is 20.3 Å². The Morgan fingerprint density at radius 3 is 2.43 bits per heavy atom. The van der Waals surface area contributed by atoms with Crippen LogP contribution in [-0.2, 0) is 14.8 Å². The van der Waals surface area contributed by atoms with Crippen molar-refractivity contribution in [1.29, 1.82) is 0 Å². The maximum atomic E-state index is 12.0. The molecule has 0 fully saturated rings. The second-order valence-corrected chi connectivity index (χ2v) is 6.36. The summed E-state index contributed by atoms with van der Waals surface area (Å²) in [6.45, 7) is 4.05. The molecule has 0 aliphatic carbocycles. The van der Waals surface area contributed by atoms with Gasteiger partial charge in [-0.15, -0.1) is 0 Å². The molecular weight excluding hydrogens is 294 g/mol. The first-order valence-corrected chi connectivity index (χ1v) is 7.87. The fourth-order valence-corrected chi connectivity index (χ4v) is 2.37. The molecule has 1 aromatic carbocycles. The lowest BCUT2D eigenvalue weighted by molar-refractivity contribution is -0.137. The summed E-state index contributed by atoms with van der Waals surface area (Å²) >= 11 is 0. The van der Waals surface area contributed by atoms with Crippen LogP contribution in [0.25, 0.3) is 0 Å². The zero-order valence-electron chi connectivity index (χ0n) is 12.0. The van der Waals surface area contributed by atoms with E-state index in [0.29, 0.717) is 5.75 Å². The largest absolute Gasteiger partial charge is 0.493 e. The monoisotopic (exact) mass is 313 g/mol. The highest BCUT2D eigenvalue weighted by Crippen LogP contribution is 2.16. The van der Waals surface area contributed by atoms with Crippen LogP contribution in [-0.4, -0.2) is 32.6 Å². The van der Waals surface area contributed by atoms with Crippen molar-refractivity contribution in [2.45, 2.75) is 25.2 Å². The molecule has 0 aromatic heterocycles. The van der Waals surface area contributed by atoms with Gasteiger partial charge >= 0.3 is 5.97 Å². The fourth-order valence-electron chi connectivity index (χ4n) is 1.41. The molecule has 116 valence electrons. The van der Waals surface area contributed by atoms with Crippen molar-refractivity contribution in [1.82, 2.24) is 4.72 Å². The standard InChI is InChI=1S/C14H19NO5S/c1-11(2)7-9-15-21(18,19)13-5-3-12(4-6-13)20-10-8-14(16)17/h3-7,15H,8-10H2,1-2H3,(H,16,17). The summed E-state index contributed by atoms with van der Waals surface area (Å²) in [4.78, 5) is 10.5. The summed E-state index contributed by atoms with van der Waals surface area (Å²) in [5.41, 5.74) is 1.03. The Morgan fingerprint density at radius 1 is 1.29 bits per heavy atom. The average molecular weight is 313 g/mol. The highest BCUT2D eigenvalue weighted by atomic mass is 32.2. The Morgan fingerprint density at radius 2 is 1.90 bits per heavy atom. The molecule has 0 saturated carbocycles. The SMILES string of the molecule is CC(C)=CCNS(=O)(=O)c1ccc(OCCC(=O)O)cc1. The second-order valence-electron chi connectivity index (χ2n) is 4.60. The van der Waals surface area contributed by atoms with Gasteiger partial charge in [0.25, 0.3) is 0 Å². The molecule has 1 rings (SSSR count). The van der Waals surface area contributed by atoms with E-state index in [1.54, 1.807) is 6.08 Å². The molecular formula is C14H19NO5S. The lowest BCUT2D eigenvalue weighted by Crippen LogP contribution is -2.23. The third kappa shape index (κ3) is 6.42. The molecule has 0 spiro atoms. The number of allylic oxidation sites excluding steroid dienone is 1. The van der Waals surface area contributed by atoms with E-state index in [-0.39, 0.29) is 24.5 Å². The van der Waals surface area contributed by atoms with Gasteiger partial charge in [0.1, 0.15) is 5.75 Å². The number of benzene rings is 1. The highest BCUT2D eigenvalue weighted by molar-refractivity contribution is 7.89. The molecule has 0 bridgehead atoms. The van der Waals surface area contributed by atoms with E-state index >= 15 is 0 Å². The number of hydrogen-bond donors (Lipinski definition) is 2. The summed E-state index contributed by atoms with van der Waals surface area (Å²) in [7, 11) is -3.55. The molecule has 2 N–H and O–H groups in total. The Kier molecular flexibility index (Phi) is 6.39. The van der Waals surface area contributed by atoms with Gasteiger partial charge in [-0.2, -0.15) is 0 Å². The van der Waals surface area contributed by atoms with Crippen molar-refractivity contribution in [3.05, 3.63) is 35.9 Å². The Bertz CT molecular complexity index is 601. The number of carboxylic acids is 1. The zero-order chi connectivity index (χ0) is 15.9. The van der Waals surface area contributed by atoms with Crippen molar-refractivity contribution >= 4 is 16.0 Å². The number of aliphatic carboxylic acids is 1. The summed E-state index contributed by atoms with van der Waals surface area (Å²) in [5.74, 6) is -0.517. The maximum absolute atomic E-state index is 12.0. The van der Waals surface area contributed by atoms with E-state index in [0.717, 1.165) is 5.57 Å². The number of sulfonamides is 1. The first-order valence-electron chi connectivity index (χ1n) is 6.39. The highest BCUT2D eigenvalue weighted by Gasteiger charge is 2.12. The number of rotatable bonds is 8. The lowest BCUT2D eigenvalue weighted by atomic mass is 10.3. The smallest absolute Gasteiger partial charge is 0.306 e. The van der Waals surface area contributed by atoms with Gasteiger partial charge in [-0.05, 0) is 38.1 Å². The topological polar surface area (TPSA) is 92.7 Å². The predicted molar refractivity (Wildman–Crippen MR) is 78.8 cm³/mol. The molecule has 0 heterocycles. The van der Waals surface area contributed by atoms with E-state index in [4.69, 9.17) is 9.84 Å². The van der Waals surface area contributed by atoms with Gasteiger partial charge in [-0.3, -0.25) is 4.79 Å². The van der Waals surface area contributed by atoms with Crippen LogP contribution in [0.15, 0.2) is 40.8 Å². The van der Waals surface area contributed by atoms with Crippen molar-refractivity contribution in [3.63, 3.8) is 0 Å². The van der Waals surface area contributed by atoms with Crippen LogP contribution in [0.3, 0.4) is 0 Å². The molecule has 0 radical (unpaired) electrons. The van der Waals surface area contributed by atoms with E-state index in [9.17, 15) is 13.2 Å². The molecule has 0 amide bonds. The summed E-state index contributed by atoms with van der Waals surface area (Å²) in [5, 5.41) is 8.49. The van der Waals surface area contributed by atoms with E-state index in [1.807, 2.05) is 13.8 Å². The van der Waals surface area contributed by atoms with Gasteiger partial charge in [-0.1, -0.05) is 11.6 Å². The minimum Gasteiger partial charge on any atom is -0.493 e. The lowest BCUT2D eigenvalue weighted by Gasteiger charge is -2.07. The van der Waals surface area contributed by atoms with Crippen LogP contribution in [0, 0.1) is 0 Å². The van der Waals surface area contributed by atoms with Crippen LogP contribution >= 0.6 is 0 Å². The minimum absolute atomic E-state index is 0.0419. The molecule has 7 heteroatoms. The maximum Gasteiger partial charge on any atom is 0.306 e. The normalized spacial score (nSPS) is 11.0. The first kappa shape index (κ1) is 17.2. The fraction of sp³-hybridized carbons (Fsp3) is 0.357. The zero-order valence-corrected chi connectivity index (χ0v) is 12.8. The quantitative estimate of drug-likeness (QED) is 0.714. The van der Waals surface area contributed by atoms with Crippen molar-refractivity contribution in [2.75, 3.05) is 13.2 Å². The molecule has 0 saturated heterocycles. The Hall–Kier alpha value is -1.86. The van der Waals surface area contributed by atoms with Gasteiger partial charge in [-0.25, -0.2) is 13.1 Å². The Labute approximate surface area is 124 Å². The van der Waals surface area contributed by atoms with Crippen molar-refractivity contribution in [2.24, 2.45) is 0 Å². The number of nitrogens with one attached hydrogen (secondary N) is 1. The molecule has 0 atom stereocenters. The minimum atomic E-state index is -3.55. The van der Waals surface area contributed by atoms with Crippen LogP contribution in [0.2, 0.25) is 0 Å². The molecule has 0 aliphatic rings.